The fraction of sp³-hybridized carbons (Fsp3) is 0.353. The lowest BCUT2D eigenvalue weighted by Gasteiger charge is -2.27. The van der Waals surface area contributed by atoms with Crippen LogP contribution >= 0.6 is 24.8 Å². The molecule has 2 atom stereocenters. The van der Waals surface area contributed by atoms with E-state index < -0.39 is 0 Å². The Morgan fingerprint density at radius 1 is 1.00 bits per heavy atom. The van der Waals surface area contributed by atoms with Crippen molar-refractivity contribution in [1.29, 1.82) is 0 Å². The van der Waals surface area contributed by atoms with E-state index in [0.29, 0.717) is 12.0 Å². The van der Waals surface area contributed by atoms with E-state index >= 15 is 0 Å². The summed E-state index contributed by atoms with van der Waals surface area (Å²) in [6.45, 7) is 4.55. The van der Waals surface area contributed by atoms with Gasteiger partial charge in [-0.25, -0.2) is 0 Å². The van der Waals surface area contributed by atoms with Gasteiger partial charge in [0, 0.05) is 29.4 Å². The van der Waals surface area contributed by atoms with E-state index in [0.717, 1.165) is 6.42 Å². The molecule has 0 radical (unpaired) electrons. The molecule has 0 saturated carbocycles. The first kappa shape index (κ1) is 18.0. The van der Waals surface area contributed by atoms with Gasteiger partial charge in [0.1, 0.15) is 0 Å². The van der Waals surface area contributed by atoms with Crippen molar-refractivity contribution in [2.45, 2.75) is 37.8 Å². The molecule has 0 unspecified atom stereocenters. The van der Waals surface area contributed by atoms with Crippen LogP contribution in [0.15, 0.2) is 54.7 Å². The summed E-state index contributed by atoms with van der Waals surface area (Å²) < 4.78 is 0. The van der Waals surface area contributed by atoms with E-state index in [1.54, 1.807) is 0 Å². The minimum Gasteiger partial charge on any atom is -0.304 e. The van der Waals surface area contributed by atoms with Gasteiger partial charge in [-0.15, -0.1) is 24.8 Å². The largest absolute Gasteiger partial charge is 0.304 e. The van der Waals surface area contributed by atoms with E-state index in [2.05, 4.69) is 66.6 Å². The maximum Gasteiger partial charge on any atom is 0.0453 e. The highest BCUT2D eigenvalue weighted by Crippen LogP contribution is 2.42. The third-order valence-electron chi connectivity index (χ3n) is 4.14. The van der Waals surface area contributed by atoms with Gasteiger partial charge in [-0.3, -0.25) is 4.98 Å². The number of benzene rings is 1. The highest BCUT2D eigenvalue weighted by Gasteiger charge is 2.41. The third-order valence-corrected chi connectivity index (χ3v) is 4.14. The van der Waals surface area contributed by atoms with Crippen molar-refractivity contribution in [2.24, 2.45) is 0 Å². The van der Waals surface area contributed by atoms with Crippen LogP contribution in [0.1, 0.15) is 43.5 Å². The van der Waals surface area contributed by atoms with Crippen molar-refractivity contribution in [3.8, 4) is 0 Å². The molecule has 1 fully saturated rings. The van der Waals surface area contributed by atoms with Crippen LogP contribution in [0.3, 0.4) is 0 Å². The standard InChI is InChI=1S/C17H20N2.2ClH/c1-17(2)14(15-10-6-7-11-18-15)12-16(19-17)13-8-4-3-5-9-13;;/h3-11,14,16,19H,12H2,1-2H3;2*1H/t14-,16+;;/m1../s1. The Morgan fingerprint density at radius 2 is 1.67 bits per heavy atom. The Morgan fingerprint density at radius 3 is 2.29 bits per heavy atom. The minimum absolute atomic E-state index is 0. The first-order chi connectivity index (χ1) is 9.17. The second-order valence-electron chi connectivity index (χ2n) is 5.87. The zero-order valence-electron chi connectivity index (χ0n) is 12.3. The number of hydrogen-bond donors (Lipinski definition) is 1. The molecule has 2 nitrogen and oxygen atoms in total. The molecule has 1 N–H and O–H groups in total. The number of nitrogens with zero attached hydrogens (tertiary/aromatic N) is 1. The molecule has 0 bridgehead atoms. The summed E-state index contributed by atoms with van der Waals surface area (Å²) in [5.74, 6) is 0.457. The van der Waals surface area contributed by atoms with Crippen molar-refractivity contribution < 1.29 is 0 Å². The normalized spacial score (nSPS) is 23.0. The van der Waals surface area contributed by atoms with Crippen LogP contribution in [0.2, 0.25) is 0 Å². The highest BCUT2D eigenvalue weighted by atomic mass is 35.5. The van der Waals surface area contributed by atoms with Crippen LogP contribution in [0.5, 0.6) is 0 Å². The molecule has 21 heavy (non-hydrogen) atoms. The van der Waals surface area contributed by atoms with Crippen LogP contribution in [0.25, 0.3) is 0 Å². The summed E-state index contributed by atoms with van der Waals surface area (Å²) in [5.41, 5.74) is 2.64. The van der Waals surface area contributed by atoms with E-state index in [-0.39, 0.29) is 30.4 Å². The van der Waals surface area contributed by atoms with Crippen molar-refractivity contribution >= 4 is 24.8 Å². The summed E-state index contributed by atoms with van der Waals surface area (Å²) in [5, 5.41) is 3.76. The molecule has 1 saturated heterocycles. The molecule has 3 rings (SSSR count). The van der Waals surface area contributed by atoms with Gasteiger partial charge in [0.05, 0.1) is 0 Å². The average molecular weight is 325 g/mol. The number of pyridine rings is 1. The Kier molecular flexibility index (Phi) is 6.21. The first-order valence-corrected chi connectivity index (χ1v) is 6.90. The van der Waals surface area contributed by atoms with Crippen LogP contribution in [0.4, 0.5) is 0 Å². The van der Waals surface area contributed by atoms with Gasteiger partial charge in [-0.2, -0.15) is 0 Å². The van der Waals surface area contributed by atoms with E-state index in [1.165, 1.54) is 11.3 Å². The van der Waals surface area contributed by atoms with Crippen molar-refractivity contribution in [3.05, 3.63) is 66.0 Å². The van der Waals surface area contributed by atoms with Gasteiger partial charge >= 0.3 is 0 Å². The van der Waals surface area contributed by atoms with Crippen molar-refractivity contribution in [1.82, 2.24) is 10.3 Å². The fourth-order valence-corrected chi connectivity index (χ4v) is 3.12. The fourth-order valence-electron chi connectivity index (χ4n) is 3.12. The minimum atomic E-state index is 0. The maximum absolute atomic E-state index is 4.54. The van der Waals surface area contributed by atoms with Crippen LogP contribution in [-0.2, 0) is 0 Å². The zero-order valence-corrected chi connectivity index (χ0v) is 14.0. The molecule has 1 aromatic heterocycles. The van der Waals surface area contributed by atoms with Crippen LogP contribution < -0.4 is 5.32 Å². The molecule has 1 aliphatic rings. The number of hydrogen-bond acceptors (Lipinski definition) is 2. The van der Waals surface area contributed by atoms with Gasteiger partial charge in [-0.1, -0.05) is 36.4 Å². The number of nitrogens with one attached hydrogen (secondary N) is 1. The lowest BCUT2D eigenvalue weighted by molar-refractivity contribution is 0.393. The molecule has 114 valence electrons. The monoisotopic (exact) mass is 324 g/mol. The van der Waals surface area contributed by atoms with Gasteiger partial charge in [0.2, 0.25) is 0 Å². The third kappa shape index (κ3) is 3.76. The van der Waals surface area contributed by atoms with Gasteiger partial charge in [-0.05, 0) is 38.0 Å². The van der Waals surface area contributed by atoms with E-state index in [9.17, 15) is 0 Å². The number of aromatic nitrogens is 1. The Hall–Kier alpha value is -1.09. The quantitative estimate of drug-likeness (QED) is 0.878. The summed E-state index contributed by atoms with van der Waals surface area (Å²) in [6.07, 6.45) is 3.00. The van der Waals surface area contributed by atoms with Gasteiger partial charge < -0.3 is 5.32 Å². The summed E-state index contributed by atoms with van der Waals surface area (Å²) in [4.78, 5) is 4.54. The summed E-state index contributed by atoms with van der Waals surface area (Å²) in [6, 6.07) is 17.3. The van der Waals surface area contributed by atoms with Gasteiger partial charge in [0.15, 0.2) is 0 Å². The Bertz CT molecular complexity index is 543. The number of halogens is 2. The smallest absolute Gasteiger partial charge is 0.0453 e. The Labute approximate surface area is 139 Å². The predicted molar refractivity (Wildman–Crippen MR) is 92.5 cm³/mol. The lowest BCUT2D eigenvalue weighted by atomic mass is 9.85. The zero-order chi connectivity index (χ0) is 13.3. The SMILES string of the molecule is CC1(C)N[C@H](c2ccccc2)C[C@@H]1c1ccccn1.Cl.Cl. The first-order valence-electron chi connectivity index (χ1n) is 6.90. The topological polar surface area (TPSA) is 24.9 Å². The molecule has 0 aliphatic carbocycles. The predicted octanol–water partition coefficient (Wildman–Crippen LogP) is 4.52. The molecular formula is C17H22Cl2N2. The summed E-state index contributed by atoms with van der Waals surface area (Å²) in [7, 11) is 0. The lowest BCUT2D eigenvalue weighted by Crippen LogP contribution is -2.38. The molecular weight excluding hydrogens is 303 g/mol. The second-order valence-corrected chi connectivity index (χ2v) is 5.87. The van der Waals surface area contributed by atoms with Crippen molar-refractivity contribution in [3.63, 3.8) is 0 Å². The van der Waals surface area contributed by atoms with E-state index in [4.69, 9.17) is 0 Å². The molecule has 0 amide bonds. The molecule has 1 aliphatic heterocycles. The molecule has 0 spiro atoms. The maximum atomic E-state index is 4.54. The highest BCUT2D eigenvalue weighted by molar-refractivity contribution is 5.85. The van der Waals surface area contributed by atoms with Gasteiger partial charge in [0.25, 0.3) is 0 Å². The molecule has 2 aromatic rings. The number of rotatable bonds is 2. The Balaban J connectivity index is 0.00000110. The van der Waals surface area contributed by atoms with E-state index in [1.807, 2.05) is 12.3 Å². The van der Waals surface area contributed by atoms with Crippen LogP contribution in [-0.4, -0.2) is 10.5 Å². The molecule has 2 heterocycles. The molecule has 1 aromatic carbocycles. The van der Waals surface area contributed by atoms with Crippen molar-refractivity contribution in [2.75, 3.05) is 0 Å². The average Bonchev–Trinajstić information content (AvgIpc) is 2.77. The summed E-state index contributed by atoms with van der Waals surface area (Å²) >= 11 is 0. The van der Waals surface area contributed by atoms with Crippen LogP contribution in [0, 0.1) is 0 Å². The molecule has 4 heteroatoms. The second kappa shape index (κ2) is 7.26.